The third-order valence-electron chi connectivity index (χ3n) is 4.23. The van der Waals surface area contributed by atoms with Crippen LogP contribution in [0, 0.1) is 6.92 Å². The van der Waals surface area contributed by atoms with E-state index in [4.69, 9.17) is 5.10 Å². The van der Waals surface area contributed by atoms with E-state index in [9.17, 15) is 0 Å². The summed E-state index contributed by atoms with van der Waals surface area (Å²) in [6, 6.07) is 8.47. The molecule has 3 rings (SSSR count). The molecule has 0 spiro atoms. The Labute approximate surface area is 146 Å². The number of fused-ring (bicyclic) bond motifs is 1. The zero-order valence-electron chi connectivity index (χ0n) is 14.8. The molecule has 0 N–H and O–H groups in total. The first-order valence-corrected chi connectivity index (χ1v) is 9.42. The zero-order chi connectivity index (χ0) is 17.3. The Kier molecular flexibility index (Phi) is 4.76. The summed E-state index contributed by atoms with van der Waals surface area (Å²) in [6.45, 7) is 9.47. The highest BCUT2D eigenvalue weighted by molar-refractivity contribution is 7.98. The lowest BCUT2D eigenvalue weighted by atomic mass is 10.1. The van der Waals surface area contributed by atoms with E-state index in [0.717, 1.165) is 23.1 Å². The highest BCUT2D eigenvalue weighted by atomic mass is 32.2. The molecule has 0 aliphatic carbocycles. The minimum absolute atomic E-state index is 0.272. The molecule has 0 fully saturated rings. The monoisotopic (exact) mass is 341 g/mol. The number of aryl methyl sites for hydroxylation is 1. The summed E-state index contributed by atoms with van der Waals surface area (Å²) in [4.78, 5) is 0. The topological polar surface area (TPSA) is 48.0 Å². The molecule has 0 atom stereocenters. The summed E-state index contributed by atoms with van der Waals surface area (Å²) >= 11 is 1.56. The number of nitrogens with zero attached hydrogens (tertiary/aromatic N) is 5. The van der Waals surface area contributed by atoms with Gasteiger partial charge in [-0.25, -0.2) is 0 Å². The molecule has 1 aromatic carbocycles. The van der Waals surface area contributed by atoms with Crippen LogP contribution in [0.5, 0.6) is 0 Å². The van der Waals surface area contributed by atoms with Crippen LogP contribution in [-0.4, -0.2) is 31.9 Å². The summed E-state index contributed by atoms with van der Waals surface area (Å²) in [5.41, 5.74) is 3.63. The van der Waals surface area contributed by atoms with Crippen LogP contribution in [-0.2, 0) is 6.54 Å². The van der Waals surface area contributed by atoms with Gasteiger partial charge in [-0.15, -0.1) is 10.2 Å². The van der Waals surface area contributed by atoms with Gasteiger partial charge in [-0.3, -0.25) is 0 Å². The molecule has 0 bridgehead atoms. The molecule has 6 heteroatoms. The van der Waals surface area contributed by atoms with Crippen LogP contribution >= 0.6 is 11.8 Å². The van der Waals surface area contributed by atoms with Crippen molar-refractivity contribution in [3.8, 4) is 0 Å². The molecule has 0 saturated heterocycles. The molecule has 0 unspecified atom stereocenters. The lowest BCUT2D eigenvalue weighted by Crippen LogP contribution is -2.02. The van der Waals surface area contributed by atoms with Gasteiger partial charge in [-0.05, 0) is 26.2 Å². The Bertz CT molecular complexity index is 888. The molecule has 0 saturated carbocycles. The lowest BCUT2D eigenvalue weighted by molar-refractivity contribution is 0.667. The zero-order valence-corrected chi connectivity index (χ0v) is 15.6. The quantitative estimate of drug-likeness (QED) is 0.514. The van der Waals surface area contributed by atoms with Crippen LogP contribution in [0.1, 0.15) is 43.8 Å². The molecule has 126 valence electrons. The first-order chi connectivity index (χ1) is 11.6. The van der Waals surface area contributed by atoms with Crippen molar-refractivity contribution < 1.29 is 0 Å². The molecular formula is C18H23N5S. The maximum absolute atomic E-state index is 4.72. The van der Waals surface area contributed by atoms with Gasteiger partial charge in [0.05, 0.1) is 6.21 Å². The van der Waals surface area contributed by atoms with Gasteiger partial charge in [0.25, 0.3) is 0 Å². The van der Waals surface area contributed by atoms with Gasteiger partial charge in [0.2, 0.25) is 5.16 Å². The van der Waals surface area contributed by atoms with Gasteiger partial charge in [0.1, 0.15) is 0 Å². The summed E-state index contributed by atoms with van der Waals surface area (Å²) in [6.07, 6.45) is 3.94. The highest BCUT2D eigenvalue weighted by Gasteiger charge is 2.15. The molecule has 2 heterocycles. The number of benzene rings is 1. The standard InChI is InChI=1S/C18H23N5S/c1-6-22-13(4)15(14-9-7-8-10-16(14)22)11-19-23-17(12(2)3)20-21-18(23)24-5/h7-12H,6H2,1-5H3/b19-11-. The van der Waals surface area contributed by atoms with Gasteiger partial charge >= 0.3 is 0 Å². The van der Waals surface area contributed by atoms with Crippen LogP contribution < -0.4 is 0 Å². The summed E-state index contributed by atoms with van der Waals surface area (Å²) in [5.74, 6) is 1.15. The molecule has 0 aliphatic rings. The third-order valence-corrected chi connectivity index (χ3v) is 4.85. The number of aromatic nitrogens is 4. The Hall–Kier alpha value is -2.08. The van der Waals surface area contributed by atoms with Crippen molar-refractivity contribution in [1.29, 1.82) is 0 Å². The summed E-state index contributed by atoms with van der Waals surface area (Å²) < 4.78 is 4.18. The highest BCUT2D eigenvalue weighted by Crippen LogP contribution is 2.25. The molecule has 3 aromatic rings. The van der Waals surface area contributed by atoms with E-state index in [0.29, 0.717) is 0 Å². The van der Waals surface area contributed by atoms with Crippen LogP contribution in [0.2, 0.25) is 0 Å². The van der Waals surface area contributed by atoms with Gasteiger partial charge in [0.15, 0.2) is 5.82 Å². The molecule has 5 nitrogen and oxygen atoms in total. The van der Waals surface area contributed by atoms with Crippen molar-refractivity contribution in [2.24, 2.45) is 5.10 Å². The molecule has 24 heavy (non-hydrogen) atoms. The second kappa shape index (κ2) is 6.81. The first-order valence-electron chi connectivity index (χ1n) is 8.19. The lowest BCUT2D eigenvalue weighted by Gasteiger charge is -2.05. The fourth-order valence-electron chi connectivity index (χ4n) is 3.02. The SMILES string of the molecule is CCn1c(C)c(/C=N\n2c(SC)nnc2C(C)C)c2ccccc21. The molecule has 2 aromatic heterocycles. The Morgan fingerprint density at radius 1 is 1.25 bits per heavy atom. The van der Waals surface area contributed by atoms with E-state index < -0.39 is 0 Å². The predicted molar refractivity (Wildman–Crippen MR) is 101 cm³/mol. The maximum Gasteiger partial charge on any atom is 0.211 e. The second-order valence-electron chi connectivity index (χ2n) is 6.02. The average Bonchev–Trinajstić information content (AvgIpc) is 3.11. The fourth-order valence-corrected chi connectivity index (χ4v) is 3.45. The van der Waals surface area contributed by atoms with Crippen molar-refractivity contribution in [2.45, 2.75) is 45.3 Å². The van der Waals surface area contributed by atoms with Gasteiger partial charge in [0, 0.05) is 34.6 Å². The Balaban J connectivity index is 2.13. The van der Waals surface area contributed by atoms with E-state index in [1.54, 1.807) is 11.8 Å². The predicted octanol–water partition coefficient (Wildman–Crippen LogP) is 4.29. The van der Waals surface area contributed by atoms with E-state index in [2.05, 4.69) is 66.7 Å². The van der Waals surface area contributed by atoms with Crippen molar-refractivity contribution in [2.75, 3.05) is 6.26 Å². The van der Waals surface area contributed by atoms with Crippen LogP contribution in [0.4, 0.5) is 0 Å². The van der Waals surface area contributed by atoms with Gasteiger partial charge in [-0.1, -0.05) is 43.8 Å². The molecule has 0 radical (unpaired) electrons. The van der Waals surface area contributed by atoms with Crippen molar-refractivity contribution in [3.05, 3.63) is 41.3 Å². The van der Waals surface area contributed by atoms with E-state index in [1.807, 2.05) is 17.1 Å². The Morgan fingerprint density at radius 3 is 2.67 bits per heavy atom. The largest absolute Gasteiger partial charge is 0.344 e. The number of hydrogen-bond donors (Lipinski definition) is 0. The van der Waals surface area contributed by atoms with Crippen LogP contribution in [0.25, 0.3) is 10.9 Å². The fraction of sp³-hybridized carbons (Fsp3) is 0.389. The molecule has 0 aliphatic heterocycles. The van der Waals surface area contributed by atoms with Gasteiger partial charge < -0.3 is 4.57 Å². The second-order valence-corrected chi connectivity index (χ2v) is 6.79. The summed E-state index contributed by atoms with van der Waals surface area (Å²) in [7, 11) is 0. The number of thioether (sulfide) groups is 1. The Morgan fingerprint density at radius 2 is 2.00 bits per heavy atom. The van der Waals surface area contributed by atoms with E-state index in [-0.39, 0.29) is 5.92 Å². The first kappa shape index (κ1) is 16.8. The van der Waals surface area contributed by atoms with Crippen molar-refractivity contribution >= 4 is 28.9 Å². The summed E-state index contributed by atoms with van der Waals surface area (Å²) in [5, 5.41) is 15.3. The smallest absolute Gasteiger partial charge is 0.211 e. The van der Waals surface area contributed by atoms with Crippen molar-refractivity contribution in [3.63, 3.8) is 0 Å². The van der Waals surface area contributed by atoms with Crippen molar-refractivity contribution in [1.82, 2.24) is 19.4 Å². The van der Waals surface area contributed by atoms with E-state index >= 15 is 0 Å². The minimum atomic E-state index is 0.272. The number of para-hydroxylation sites is 1. The van der Waals surface area contributed by atoms with Crippen LogP contribution in [0.15, 0.2) is 34.5 Å². The normalized spacial score (nSPS) is 12.1. The maximum atomic E-state index is 4.72. The van der Waals surface area contributed by atoms with Gasteiger partial charge in [-0.2, -0.15) is 9.78 Å². The molecular weight excluding hydrogens is 318 g/mol. The molecule has 0 amide bonds. The minimum Gasteiger partial charge on any atom is -0.344 e. The van der Waals surface area contributed by atoms with Crippen LogP contribution in [0.3, 0.4) is 0 Å². The number of rotatable bonds is 5. The number of hydrogen-bond acceptors (Lipinski definition) is 4. The third kappa shape index (κ3) is 2.75. The average molecular weight is 341 g/mol. The van der Waals surface area contributed by atoms with E-state index in [1.165, 1.54) is 16.6 Å².